The number of hydrogen-bond donors (Lipinski definition) is 1. The van der Waals surface area contributed by atoms with Gasteiger partial charge >= 0.3 is 6.61 Å². The van der Waals surface area contributed by atoms with Crippen LogP contribution in [0.4, 0.5) is 8.78 Å². The molecule has 1 unspecified atom stereocenters. The highest BCUT2D eigenvalue weighted by Crippen LogP contribution is 2.31. The zero-order chi connectivity index (χ0) is 15.4. The number of aliphatic hydroxyl groups is 1. The van der Waals surface area contributed by atoms with Gasteiger partial charge in [-0.2, -0.15) is 8.78 Å². The highest BCUT2D eigenvalue weighted by Gasteiger charge is 2.17. The van der Waals surface area contributed by atoms with E-state index in [2.05, 4.69) is 4.74 Å². The van der Waals surface area contributed by atoms with Gasteiger partial charge in [0.2, 0.25) is 0 Å². The van der Waals surface area contributed by atoms with Gasteiger partial charge in [0.1, 0.15) is 5.75 Å². The summed E-state index contributed by atoms with van der Waals surface area (Å²) in [7, 11) is 0. The van der Waals surface area contributed by atoms with E-state index in [0.717, 1.165) is 0 Å². The summed E-state index contributed by atoms with van der Waals surface area (Å²) in [5.74, 6) is -0.0573. The molecule has 0 amide bonds. The molecule has 1 N–H and O–H groups in total. The molecule has 0 radical (unpaired) electrons. The molecule has 0 saturated carbocycles. The van der Waals surface area contributed by atoms with Gasteiger partial charge in [0, 0.05) is 22.0 Å². The normalized spacial score (nSPS) is 12.5. The van der Waals surface area contributed by atoms with Crippen LogP contribution in [0.15, 0.2) is 42.5 Å². The molecule has 2 aromatic carbocycles. The summed E-state index contributed by atoms with van der Waals surface area (Å²) < 4.78 is 29.1. The Morgan fingerprint density at radius 1 is 1.10 bits per heavy atom. The van der Waals surface area contributed by atoms with Gasteiger partial charge in [-0.25, -0.2) is 0 Å². The molecule has 0 aromatic heterocycles. The number of halogens is 4. The van der Waals surface area contributed by atoms with Gasteiger partial charge < -0.3 is 9.84 Å². The van der Waals surface area contributed by atoms with E-state index in [4.69, 9.17) is 23.2 Å². The molecule has 21 heavy (non-hydrogen) atoms. The van der Waals surface area contributed by atoms with Gasteiger partial charge in [0.05, 0.1) is 6.10 Å². The summed E-state index contributed by atoms with van der Waals surface area (Å²) >= 11 is 11.9. The van der Waals surface area contributed by atoms with Crippen LogP contribution in [0.25, 0.3) is 0 Å². The fourth-order valence-electron chi connectivity index (χ4n) is 1.98. The van der Waals surface area contributed by atoms with Crippen LogP contribution in [-0.2, 0) is 6.42 Å². The van der Waals surface area contributed by atoms with Crippen molar-refractivity contribution in [2.75, 3.05) is 0 Å². The van der Waals surface area contributed by atoms with Crippen LogP contribution >= 0.6 is 23.2 Å². The Labute approximate surface area is 130 Å². The Hall–Kier alpha value is -1.36. The van der Waals surface area contributed by atoms with E-state index in [1.54, 1.807) is 30.3 Å². The molecule has 0 heterocycles. The van der Waals surface area contributed by atoms with E-state index < -0.39 is 12.7 Å². The molecule has 0 spiro atoms. The Morgan fingerprint density at radius 3 is 2.52 bits per heavy atom. The second kappa shape index (κ2) is 7.07. The average molecular weight is 333 g/mol. The number of para-hydroxylation sites is 1. The minimum absolute atomic E-state index is 0.0573. The lowest BCUT2D eigenvalue weighted by Gasteiger charge is -2.16. The van der Waals surface area contributed by atoms with E-state index in [0.29, 0.717) is 15.6 Å². The molecule has 0 aliphatic carbocycles. The van der Waals surface area contributed by atoms with Crippen LogP contribution in [-0.4, -0.2) is 11.7 Å². The minimum Gasteiger partial charge on any atom is -0.434 e. The molecule has 112 valence electrons. The molecule has 2 aromatic rings. The number of alkyl halides is 2. The first kappa shape index (κ1) is 16.0. The van der Waals surface area contributed by atoms with Crippen LogP contribution in [0.5, 0.6) is 5.75 Å². The standard InChI is InChI=1S/C15H12Cl2F2O2/c16-10-5-6-12(17)9(7-10)8-13(20)11-3-1-2-4-14(11)21-15(18)19/h1-7,13,15,20H,8H2. The van der Waals surface area contributed by atoms with Crippen molar-refractivity contribution in [3.8, 4) is 5.75 Å². The summed E-state index contributed by atoms with van der Waals surface area (Å²) in [6, 6.07) is 11.0. The van der Waals surface area contributed by atoms with Crippen molar-refractivity contribution in [1.82, 2.24) is 0 Å². The van der Waals surface area contributed by atoms with Crippen LogP contribution in [0.1, 0.15) is 17.2 Å². The smallest absolute Gasteiger partial charge is 0.387 e. The summed E-state index contributed by atoms with van der Waals surface area (Å²) in [5, 5.41) is 11.2. The summed E-state index contributed by atoms with van der Waals surface area (Å²) in [6.07, 6.45) is -0.890. The first-order valence-electron chi connectivity index (χ1n) is 6.13. The van der Waals surface area contributed by atoms with Gasteiger partial charge in [-0.15, -0.1) is 0 Å². The number of benzene rings is 2. The van der Waals surface area contributed by atoms with E-state index in [1.807, 2.05) is 0 Å². The third kappa shape index (κ3) is 4.30. The molecule has 0 saturated heterocycles. The lowest BCUT2D eigenvalue weighted by atomic mass is 10.0. The quantitative estimate of drug-likeness (QED) is 0.846. The lowest BCUT2D eigenvalue weighted by Crippen LogP contribution is -2.08. The Bertz CT molecular complexity index is 620. The third-order valence-electron chi connectivity index (χ3n) is 2.92. The molecule has 2 rings (SSSR count). The zero-order valence-electron chi connectivity index (χ0n) is 10.8. The van der Waals surface area contributed by atoms with Crippen molar-refractivity contribution in [3.63, 3.8) is 0 Å². The number of rotatable bonds is 5. The predicted molar refractivity (Wildman–Crippen MR) is 78.2 cm³/mol. The fraction of sp³-hybridized carbons (Fsp3) is 0.200. The van der Waals surface area contributed by atoms with Gasteiger partial charge in [-0.05, 0) is 29.8 Å². The average Bonchev–Trinajstić information content (AvgIpc) is 2.42. The largest absolute Gasteiger partial charge is 0.434 e. The zero-order valence-corrected chi connectivity index (χ0v) is 12.3. The third-order valence-corrected chi connectivity index (χ3v) is 3.52. The van der Waals surface area contributed by atoms with Gasteiger partial charge in [0.25, 0.3) is 0 Å². The maximum atomic E-state index is 12.4. The van der Waals surface area contributed by atoms with Crippen LogP contribution in [0, 0.1) is 0 Å². The molecular formula is C15H12Cl2F2O2. The molecule has 2 nitrogen and oxygen atoms in total. The van der Waals surface area contributed by atoms with Gasteiger partial charge in [-0.1, -0.05) is 41.4 Å². The van der Waals surface area contributed by atoms with Crippen molar-refractivity contribution in [2.24, 2.45) is 0 Å². The van der Waals surface area contributed by atoms with Crippen molar-refractivity contribution < 1.29 is 18.6 Å². The van der Waals surface area contributed by atoms with Crippen LogP contribution in [0.2, 0.25) is 10.0 Å². The lowest BCUT2D eigenvalue weighted by molar-refractivity contribution is -0.0515. The molecule has 0 aliphatic rings. The Morgan fingerprint density at radius 2 is 1.81 bits per heavy atom. The number of ether oxygens (including phenoxy) is 1. The molecule has 6 heteroatoms. The van der Waals surface area contributed by atoms with Crippen molar-refractivity contribution in [1.29, 1.82) is 0 Å². The minimum atomic E-state index is -2.95. The first-order chi connectivity index (χ1) is 9.97. The SMILES string of the molecule is OC(Cc1cc(Cl)ccc1Cl)c1ccccc1OC(F)F. The molecule has 1 atom stereocenters. The van der Waals surface area contributed by atoms with Crippen molar-refractivity contribution in [2.45, 2.75) is 19.1 Å². The maximum absolute atomic E-state index is 12.4. The number of hydrogen-bond acceptors (Lipinski definition) is 2. The highest BCUT2D eigenvalue weighted by atomic mass is 35.5. The first-order valence-corrected chi connectivity index (χ1v) is 6.88. The van der Waals surface area contributed by atoms with Crippen molar-refractivity contribution in [3.05, 3.63) is 63.6 Å². The Balaban J connectivity index is 2.24. The predicted octanol–water partition coefficient (Wildman–Crippen LogP) is 4.87. The van der Waals surface area contributed by atoms with E-state index in [-0.39, 0.29) is 17.7 Å². The van der Waals surface area contributed by atoms with Crippen molar-refractivity contribution >= 4 is 23.2 Å². The summed E-state index contributed by atoms with van der Waals surface area (Å²) in [4.78, 5) is 0. The van der Waals surface area contributed by atoms with E-state index >= 15 is 0 Å². The van der Waals surface area contributed by atoms with Crippen LogP contribution < -0.4 is 4.74 Å². The summed E-state index contributed by atoms with van der Waals surface area (Å²) in [5.41, 5.74) is 0.900. The summed E-state index contributed by atoms with van der Waals surface area (Å²) in [6.45, 7) is -2.95. The number of aliphatic hydroxyl groups excluding tert-OH is 1. The highest BCUT2D eigenvalue weighted by molar-refractivity contribution is 6.33. The maximum Gasteiger partial charge on any atom is 0.387 e. The second-order valence-electron chi connectivity index (χ2n) is 4.37. The molecule has 0 fully saturated rings. The van der Waals surface area contributed by atoms with E-state index in [1.165, 1.54) is 12.1 Å². The van der Waals surface area contributed by atoms with Gasteiger partial charge in [-0.3, -0.25) is 0 Å². The second-order valence-corrected chi connectivity index (χ2v) is 5.22. The molecule has 0 bridgehead atoms. The Kier molecular flexibility index (Phi) is 5.39. The topological polar surface area (TPSA) is 29.5 Å². The molecule has 0 aliphatic heterocycles. The van der Waals surface area contributed by atoms with Gasteiger partial charge in [0.15, 0.2) is 0 Å². The molecular weight excluding hydrogens is 321 g/mol. The monoisotopic (exact) mass is 332 g/mol. The fourth-order valence-corrected chi connectivity index (χ4v) is 2.37. The van der Waals surface area contributed by atoms with Crippen LogP contribution in [0.3, 0.4) is 0 Å². The van der Waals surface area contributed by atoms with E-state index in [9.17, 15) is 13.9 Å².